The summed E-state index contributed by atoms with van der Waals surface area (Å²) in [6.45, 7) is 11.7. The molecule has 6 aliphatic heterocycles. The second kappa shape index (κ2) is 12.1. The van der Waals surface area contributed by atoms with Gasteiger partial charge in [0.25, 0.3) is 0 Å². The highest BCUT2D eigenvalue weighted by atomic mass is 16.7. The van der Waals surface area contributed by atoms with Crippen LogP contribution in [0.4, 0.5) is 0 Å². The predicted octanol–water partition coefficient (Wildman–Crippen LogP) is 7.54. The fourth-order valence-electron chi connectivity index (χ4n) is 9.09. The molecule has 2 saturated carbocycles. The maximum Gasteiger partial charge on any atom is 0.305 e. The number of methoxy groups -OCH3 is 1. The largest absolute Gasteiger partial charge is 0.511 e. The molecule has 0 amide bonds. The van der Waals surface area contributed by atoms with Gasteiger partial charge in [0.1, 0.15) is 5.76 Å². The zero-order valence-electron chi connectivity index (χ0n) is 29.5. The Morgan fingerprint density at radius 3 is 2.43 bits per heavy atom. The average molecular weight is 663 g/mol. The van der Waals surface area contributed by atoms with Gasteiger partial charge >= 0.3 is 5.97 Å². The molecule has 1 spiro atoms. The fraction of sp³-hybridized carbons (Fsp3) is 0.500. The number of allylic oxidation sites excluding steroid dienone is 11. The minimum atomic E-state index is -0.889. The Labute approximate surface area is 288 Å². The molecular weight excluding hydrogens is 616 g/mol. The van der Waals surface area contributed by atoms with E-state index < -0.39 is 5.79 Å². The normalized spacial score (nSPS) is 28.4. The molecule has 4 fully saturated rings. The van der Waals surface area contributed by atoms with Crippen LogP contribution in [0.2, 0.25) is 0 Å². The molecule has 0 radical (unpaired) electrons. The Balaban J connectivity index is 1.37. The van der Waals surface area contributed by atoms with Crippen molar-refractivity contribution >= 4 is 23.1 Å². The highest BCUT2D eigenvalue weighted by Crippen LogP contribution is 2.52. The van der Waals surface area contributed by atoms with Crippen LogP contribution in [0.1, 0.15) is 86.0 Å². The fourth-order valence-corrected chi connectivity index (χ4v) is 9.09. The number of esters is 1. The van der Waals surface area contributed by atoms with Crippen molar-refractivity contribution < 1.29 is 24.1 Å². The lowest BCUT2D eigenvalue weighted by Crippen LogP contribution is -2.29. The number of hydrogen-bond acceptors (Lipinski definition) is 9. The topological polar surface area (TPSA) is 114 Å². The molecule has 2 aliphatic carbocycles. The van der Waals surface area contributed by atoms with E-state index in [4.69, 9.17) is 29.2 Å². The first kappa shape index (κ1) is 32.1. The molecule has 2 N–H and O–H groups in total. The standard InChI is InChI=1S/C40H46N4O5/c1-7-25-20(2)28-18-33-35(39(46)24-10-8-9-11-24)22(4)30(42-33)16-29-21(3)26(12-13-34(45)47-6)37(43-29)27-19-40(48-14-15-49-40)36-23(5)31(44-38(27)36)17-32(25)41-28/h16-18,21,24,26,43,46H,7-15,19H2,1-6H3/b28-18?,29-16?,31-17?,37-27?,39-35+/t21-,26-/m0/s1. The maximum atomic E-state index is 12.4. The molecule has 0 unspecified atom stereocenters. The monoisotopic (exact) mass is 662 g/mol. The number of aliphatic imine (C=N–C) groups is 3. The lowest BCUT2D eigenvalue weighted by atomic mass is 9.86. The van der Waals surface area contributed by atoms with Crippen LogP contribution in [0.25, 0.3) is 0 Å². The van der Waals surface area contributed by atoms with E-state index in [1.165, 1.54) is 12.7 Å². The Morgan fingerprint density at radius 2 is 1.71 bits per heavy atom. The lowest BCUT2D eigenvalue weighted by Gasteiger charge is -2.23. The molecule has 2 atom stereocenters. The third-order valence-electron chi connectivity index (χ3n) is 11.8. The summed E-state index contributed by atoms with van der Waals surface area (Å²) in [5, 5.41) is 15.6. The molecule has 49 heavy (non-hydrogen) atoms. The predicted molar refractivity (Wildman–Crippen MR) is 190 cm³/mol. The van der Waals surface area contributed by atoms with E-state index in [-0.39, 0.29) is 23.7 Å². The van der Waals surface area contributed by atoms with E-state index in [9.17, 15) is 9.90 Å². The van der Waals surface area contributed by atoms with Crippen molar-refractivity contribution in [2.75, 3.05) is 20.3 Å². The summed E-state index contributed by atoms with van der Waals surface area (Å²) < 4.78 is 17.9. The second-order valence-electron chi connectivity index (χ2n) is 14.5. The lowest BCUT2D eigenvalue weighted by molar-refractivity contribution is -0.140. The number of aliphatic hydroxyl groups excluding tert-OH is 1. The zero-order chi connectivity index (χ0) is 34.2. The van der Waals surface area contributed by atoms with Crippen LogP contribution in [0.3, 0.4) is 0 Å². The number of ether oxygens (including phenoxy) is 3. The molecule has 8 aliphatic rings. The van der Waals surface area contributed by atoms with Crippen molar-refractivity contribution in [1.29, 1.82) is 0 Å². The smallest absolute Gasteiger partial charge is 0.305 e. The number of fused-ring (bicyclic) bond motifs is 6. The average Bonchev–Trinajstić information content (AvgIpc) is 3.95. The summed E-state index contributed by atoms with van der Waals surface area (Å²) >= 11 is 0. The highest BCUT2D eigenvalue weighted by Gasteiger charge is 2.55. The number of nitrogens with zero attached hydrogens (tertiary/aromatic N) is 3. The molecular formula is C40H46N4O5. The van der Waals surface area contributed by atoms with Crippen molar-refractivity contribution in [1.82, 2.24) is 5.32 Å². The molecule has 9 nitrogen and oxygen atoms in total. The van der Waals surface area contributed by atoms with E-state index in [0.717, 1.165) is 111 Å². The number of hydrogen-bond donors (Lipinski definition) is 2. The van der Waals surface area contributed by atoms with E-state index in [1.807, 2.05) is 0 Å². The third-order valence-corrected chi connectivity index (χ3v) is 11.8. The third kappa shape index (κ3) is 5.03. The first-order valence-electron chi connectivity index (χ1n) is 18.0. The van der Waals surface area contributed by atoms with E-state index in [0.29, 0.717) is 38.2 Å². The summed E-state index contributed by atoms with van der Waals surface area (Å²) in [7, 11) is 1.44. The first-order valence-corrected chi connectivity index (χ1v) is 18.0. The molecule has 8 bridgehead atoms. The Morgan fingerprint density at radius 1 is 1.00 bits per heavy atom. The number of rotatable bonds is 5. The van der Waals surface area contributed by atoms with Gasteiger partial charge < -0.3 is 24.6 Å². The van der Waals surface area contributed by atoms with Gasteiger partial charge in [0, 0.05) is 58.7 Å². The molecule has 0 aromatic carbocycles. The Hall–Kier alpha value is -4.08. The van der Waals surface area contributed by atoms with Crippen molar-refractivity contribution in [3.05, 3.63) is 91.5 Å². The van der Waals surface area contributed by atoms with E-state index in [1.54, 1.807) is 0 Å². The van der Waals surface area contributed by atoms with Crippen LogP contribution in [-0.2, 0) is 19.0 Å². The van der Waals surface area contributed by atoms with Crippen molar-refractivity contribution in [2.24, 2.45) is 32.7 Å². The van der Waals surface area contributed by atoms with Gasteiger partial charge in [0.2, 0.25) is 5.79 Å². The van der Waals surface area contributed by atoms with Crippen molar-refractivity contribution in [3.63, 3.8) is 0 Å². The molecule has 2 saturated heterocycles. The summed E-state index contributed by atoms with van der Waals surface area (Å²) in [6, 6.07) is 0. The van der Waals surface area contributed by atoms with E-state index in [2.05, 4.69) is 58.2 Å². The maximum absolute atomic E-state index is 12.4. The van der Waals surface area contributed by atoms with Gasteiger partial charge in [-0.05, 0) is 87.0 Å². The van der Waals surface area contributed by atoms with Crippen molar-refractivity contribution in [2.45, 2.75) is 91.8 Å². The van der Waals surface area contributed by atoms with Crippen LogP contribution in [0.15, 0.2) is 106 Å². The summed E-state index contributed by atoms with van der Waals surface area (Å²) in [5.74, 6) is -0.462. The Kier molecular flexibility index (Phi) is 7.91. The van der Waals surface area contributed by atoms with Gasteiger partial charge in [-0.15, -0.1) is 0 Å². The van der Waals surface area contributed by atoms with Crippen LogP contribution in [0.5, 0.6) is 0 Å². The van der Waals surface area contributed by atoms with Crippen molar-refractivity contribution in [3.8, 4) is 0 Å². The molecule has 9 heteroatoms. The number of carbonyl (C=O) groups excluding carboxylic acids is 1. The van der Waals surface area contributed by atoms with Gasteiger partial charge in [-0.25, -0.2) is 15.0 Å². The Bertz CT molecular complexity index is 1910. The van der Waals surface area contributed by atoms with Gasteiger partial charge in [-0.1, -0.05) is 26.7 Å². The van der Waals surface area contributed by atoms with Crippen LogP contribution < -0.4 is 5.32 Å². The van der Waals surface area contributed by atoms with Crippen LogP contribution >= 0.6 is 0 Å². The van der Waals surface area contributed by atoms with Gasteiger partial charge in [-0.2, -0.15) is 0 Å². The molecule has 6 heterocycles. The molecule has 0 aromatic heterocycles. The highest BCUT2D eigenvalue weighted by molar-refractivity contribution is 6.22. The SMILES string of the molecule is CCC1=C(C)C2=CC3=NC(=C(C)/C3=C(\O)C3CCCC3)C=C3NC(=C4CC5(OCCO5)C5=C(C)C(=CC1=N2)N=C45)[C@@H](CCC(=O)OC)[C@@H]3C. The minimum Gasteiger partial charge on any atom is -0.511 e. The van der Waals surface area contributed by atoms with Gasteiger partial charge in [0.15, 0.2) is 0 Å². The number of nitrogens with one attached hydrogen (secondary N) is 1. The summed E-state index contributed by atoms with van der Waals surface area (Å²) in [5.41, 5.74) is 14.3. The van der Waals surface area contributed by atoms with E-state index >= 15 is 0 Å². The minimum absolute atomic E-state index is 0.0114. The van der Waals surface area contributed by atoms with Crippen LogP contribution in [-0.4, -0.2) is 54.3 Å². The van der Waals surface area contributed by atoms with Crippen LogP contribution in [0, 0.1) is 17.8 Å². The van der Waals surface area contributed by atoms with Gasteiger partial charge in [0.05, 0.1) is 54.5 Å². The number of carbonyl (C=O) groups is 1. The summed E-state index contributed by atoms with van der Waals surface area (Å²) in [4.78, 5) is 28.2. The summed E-state index contributed by atoms with van der Waals surface area (Å²) in [6.07, 6.45) is 12.8. The van der Waals surface area contributed by atoms with Gasteiger partial charge in [-0.3, -0.25) is 4.79 Å². The second-order valence-corrected chi connectivity index (χ2v) is 14.5. The molecule has 0 aromatic rings. The molecule has 8 rings (SSSR count). The first-order chi connectivity index (χ1) is 23.6. The quantitative estimate of drug-likeness (QED) is 0.232. The number of aliphatic hydroxyl groups is 1. The zero-order valence-corrected chi connectivity index (χ0v) is 29.5. The molecule has 256 valence electrons.